The summed E-state index contributed by atoms with van der Waals surface area (Å²) in [5.41, 5.74) is 1.31. The highest BCUT2D eigenvalue weighted by atomic mass is 79.9. The van der Waals surface area contributed by atoms with Crippen LogP contribution in [0.1, 0.15) is 44.2 Å². The fraction of sp³-hybridized carbons (Fsp3) is 0.647. The van der Waals surface area contributed by atoms with Gasteiger partial charge in [-0.1, -0.05) is 6.07 Å². The van der Waals surface area contributed by atoms with E-state index in [1.165, 1.54) is 31.2 Å². The van der Waals surface area contributed by atoms with Crippen molar-refractivity contribution in [2.24, 2.45) is 0 Å². The van der Waals surface area contributed by atoms with Gasteiger partial charge >= 0.3 is 0 Å². The third-order valence-electron chi connectivity index (χ3n) is 5.26. The molecule has 21 heavy (non-hydrogen) atoms. The zero-order valence-electron chi connectivity index (χ0n) is 13.1. The van der Waals surface area contributed by atoms with E-state index in [1.54, 1.807) is 7.11 Å². The van der Waals surface area contributed by atoms with Crippen LogP contribution in [0.3, 0.4) is 0 Å². The van der Waals surface area contributed by atoms with Crippen molar-refractivity contribution >= 4 is 15.9 Å². The number of piperidine rings is 1. The first-order chi connectivity index (χ1) is 10.1. The number of fused-ring (bicyclic) bond motifs is 2. The van der Waals surface area contributed by atoms with Crippen molar-refractivity contribution in [1.82, 2.24) is 10.2 Å². The van der Waals surface area contributed by atoms with Crippen LogP contribution in [-0.2, 0) is 0 Å². The van der Waals surface area contributed by atoms with Gasteiger partial charge < -0.3 is 15.0 Å². The molecule has 2 aliphatic rings. The van der Waals surface area contributed by atoms with Crippen LogP contribution in [0.2, 0.25) is 0 Å². The van der Waals surface area contributed by atoms with Gasteiger partial charge in [-0.2, -0.15) is 0 Å². The van der Waals surface area contributed by atoms with Gasteiger partial charge in [-0.15, -0.1) is 0 Å². The Kier molecular flexibility index (Phi) is 4.57. The number of rotatable bonds is 4. The molecule has 0 amide bonds. The fourth-order valence-corrected chi connectivity index (χ4v) is 4.51. The first-order valence-electron chi connectivity index (χ1n) is 7.90. The highest BCUT2D eigenvalue weighted by Crippen LogP contribution is 2.35. The van der Waals surface area contributed by atoms with E-state index < -0.39 is 0 Å². The van der Waals surface area contributed by atoms with E-state index in [0.29, 0.717) is 12.1 Å². The number of ether oxygens (including phenoxy) is 1. The second-order valence-corrected chi connectivity index (χ2v) is 7.36. The summed E-state index contributed by atoms with van der Waals surface area (Å²) in [4.78, 5) is 2.59. The standard InChI is InChI=1S/C17H25BrN2O/c1-11(12-4-7-17(21-3)16(18)8-12)19-13-9-14-5-6-15(10-13)20(14)2/h4,7-8,11,13-15,19H,5-6,9-10H2,1-3H3. The van der Waals surface area contributed by atoms with Crippen molar-refractivity contribution in [3.8, 4) is 5.75 Å². The Balaban J connectivity index is 1.64. The molecule has 1 aromatic carbocycles. The second kappa shape index (κ2) is 6.27. The summed E-state index contributed by atoms with van der Waals surface area (Å²) in [6, 6.07) is 8.96. The van der Waals surface area contributed by atoms with Crippen LogP contribution in [-0.4, -0.2) is 37.2 Å². The van der Waals surface area contributed by atoms with Crippen LogP contribution < -0.4 is 10.1 Å². The Morgan fingerprint density at radius 3 is 2.52 bits per heavy atom. The molecular formula is C17H25BrN2O. The van der Waals surface area contributed by atoms with Crippen LogP contribution >= 0.6 is 15.9 Å². The van der Waals surface area contributed by atoms with E-state index in [-0.39, 0.29) is 0 Å². The van der Waals surface area contributed by atoms with Crippen molar-refractivity contribution in [3.63, 3.8) is 0 Å². The minimum atomic E-state index is 0.375. The van der Waals surface area contributed by atoms with Gasteiger partial charge in [-0.05, 0) is 73.3 Å². The summed E-state index contributed by atoms with van der Waals surface area (Å²) in [5, 5.41) is 3.83. The van der Waals surface area contributed by atoms with E-state index in [4.69, 9.17) is 4.74 Å². The second-order valence-electron chi connectivity index (χ2n) is 6.50. The number of nitrogens with one attached hydrogen (secondary N) is 1. The molecule has 3 atom stereocenters. The number of nitrogens with zero attached hydrogens (tertiary/aromatic N) is 1. The molecule has 2 fully saturated rings. The third-order valence-corrected chi connectivity index (χ3v) is 5.88. The lowest BCUT2D eigenvalue weighted by Crippen LogP contribution is -2.47. The van der Waals surface area contributed by atoms with Crippen molar-refractivity contribution < 1.29 is 4.74 Å². The Morgan fingerprint density at radius 1 is 1.29 bits per heavy atom. The quantitative estimate of drug-likeness (QED) is 0.893. The molecule has 0 saturated carbocycles. The molecule has 2 aliphatic heterocycles. The summed E-state index contributed by atoms with van der Waals surface area (Å²) < 4.78 is 6.33. The smallest absolute Gasteiger partial charge is 0.133 e. The Morgan fingerprint density at radius 2 is 1.95 bits per heavy atom. The Labute approximate surface area is 136 Å². The molecule has 116 valence electrons. The van der Waals surface area contributed by atoms with Crippen molar-refractivity contribution in [3.05, 3.63) is 28.2 Å². The van der Waals surface area contributed by atoms with Gasteiger partial charge in [0.1, 0.15) is 5.75 Å². The minimum Gasteiger partial charge on any atom is -0.496 e. The van der Waals surface area contributed by atoms with Crippen LogP contribution in [0.5, 0.6) is 5.75 Å². The number of halogens is 1. The van der Waals surface area contributed by atoms with E-state index in [2.05, 4.69) is 52.3 Å². The lowest BCUT2D eigenvalue weighted by atomic mass is 9.96. The summed E-state index contributed by atoms with van der Waals surface area (Å²) in [6.07, 6.45) is 5.33. The monoisotopic (exact) mass is 352 g/mol. The molecule has 3 nitrogen and oxygen atoms in total. The van der Waals surface area contributed by atoms with Gasteiger partial charge in [0.15, 0.2) is 0 Å². The lowest BCUT2D eigenvalue weighted by Gasteiger charge is -2.38. The van der Waals surface area contributed by atoms with E-state index in [9.17, 15) is 0 Å². The zero-order chi connectivity index (χ0) is 15.0. The third kappa shape index (κ3) is 3.13. The SMILES string of the molecule is COc1ccc(C(C)NC2CC3CCC(C2)N3C)cc1Br. The summed E-state index contributed by atoms with van der Waals surface area (Å²) in [5.74, 6) is 0.892. The molecule has 2 bridgehead atoms. The fourth-order valence-electron chi connectivity index (χ4n) is 3.95. The van der Waals surface area contributed by atoms with E-state index >= 15 is 0 Å². The van der Waals surface area contributed by atoms with Gasteiger partial charge in [0.05, 0.1) is 11.6 Å². The average molecular weight is 353 g/mol. The van der Waals surface area contributed by atoms with Crippen molar-refractivity contribution in [1.29, 1.82) is 0 Å². The average Bonchev–Trinajstić information content (AvgIpc) is 2.69. The van der Waals surface area contributed by atoms with Crippen LogP contribution in [0, 0.1) is 0 Å². The molecule has 1 N–H and O–H groups in total. The van der Waals surface area contributed by atoms with Gasteiger partial charge in [0.25, 0.3) is 0 Å². The van der Waals surface area contributed by atoms with Gasteiger partial charge in [0.2, 0.25) is 0 Å². The van der Waals surface area contributed by atoms with Gasteiger partial charge in [0, 0.05) is 24.2 Å². The predicted octanol–water partition coefficient (Wildman–Crippen LogP) is 3.73. The van der Waals surface area contributed by atoms with E-state index in [1.807, 2.05) is 6.07 Å². The highest BCUT2D eigenvalue weighted by Gasteiger charge is 2.38. The van der Waals surface area contributed by atoms with Crippen molar-refractivity contribution in [2.75, 3.05) is 14.2 Å². The van der Waals surface area contributed by atoms with Crippen LogP contribution in [0.15, 0.2) is 22.7 Å². The number of hydrogen-bond acceptors (Lipinski definition) is 3. The molecule has 0 spiro atoms. The molecular weight excluding hydrogens is 328 g/mol. The zero-order valence-corrected chi connectivity index (χ0v) is 14.7. The predicted molar refractivity (Wildman–Crippen MR) is 89.8 cm³/mol. The van der Waals surface area contributed by atoms with Crippen molar-refractivity contribution in [2.45, 2.75) is 56.8 Å². The maximum Gasteiger partial charge on any atom is 0.133 e. The topological polar surface area (TPSA) is 24.5 Å². The molecule has 1 aromatic rings. The number of methoxy groups -OCH3 is 1. The number of benzene rings is 1. The molecule has 0 radical (unpaired) electrons. The first-order valence-corrected chi connectivity index (χ1v) is 8.69. The molecule has 3 rings (SSSR count). The Bertz CT molecular complexity index is 494. The molecule has 4 heteroatoms. The number of hydrogen-bond donors (Lipinski definition) is 1. The van der Waals surface area contributed by atoms with E-state index in [0.717, 1.165) is 22.3 Å². The molecule has 2 saturated heterocycles. The Hall–Kier alpha value is -0.580. The summed E-state index contributed by atoms with van der Waals surface area (Å²) in [7, 11) is 4.00. The molecule has 3 unspecified atom stereocenters. The minimum absolute atomic E-state index is 0.375. The highest BCUT2D eigenvalue weighted by molar-refractivity contribution is 9.10. The first kappa shape index (κ1) is 15.3. The summed E-state index contributed by atoms with van der Waals surface area (Å²) >= 11 is 3.58. The maximum absolute atomic E-state index is 5.31. The molecule has 2 heterocycles. The van der Waals surface area contributed by atoms with Gasteiger partial charge in [-0.3, -0.25) is 0 Å². The molecule has 0 aliphatic carbocycles. The largest absolute Gasteiger partial charge is 0.496 e. The van der Waals surface area contributed by atoms with Crippen LogP contribution in [0.25, 0.3) is 0 Å². The lowest BCUT2D eigenvalue weighted by molar-refractivity contribution is 0.144. The summed E-state index contributed by atoms with van der Waals surface area (Å²) in [6.45, 7) is 2.26. The van der Waals surface area contributed by atoms with Gasteiger partial charge in [-0.25, -0.2) is 0 Å². The van der Waals surface area contributed by atoms with Crippen LogP contribution in [0.4, 0.5) is 0 Å². The normalized spacial score (nSPS) is 30.4. The molecule has 0 aromatic heterocycles. The maximum atomic E-state index is 5.31.